The van der Waals surface area contributed by atoms with Crippen LogP contribution in [0.2, 0.25) is 0 Å². The maximum atomic E-state index is 11.8. The highest BCUT2D eigenvalue weighted by Crippen LogP contribution is 2.16. The molecule has 3 nitrogen and oxygen atoms in total. The van der Waals surface area contributed by atoms with Gasteiger partial charge >= 0.3 is 6.18 Å². The third-order valence-corrected chi connectivity index (χ3v) is 1.70. The van der Waals surface area contributed by atoms with Crippen molar-refractivity contribution >= 4 is 5.78 Å². The molecule has 0 aromatic rings. The number of ketones is 1. The molecule has 0 aliphatic rings. The Morgan fingerprint density at radius 1 is 1.50 bits per heavy atom. The summed E-state index contributed by atoms with van der Waals surface area (Å²) in [7, 11) is 1.46. The van der Waals surface area contributed by atoms with Gasteiger partial charge in [0, 0.05) is 6.04 Å². The van der Waals surface area contributed by atoms with Gasteiger partial charge in [-0.1, -0.05) is 0 Å². The first-order chi connectivity index (χ1) is 6.23. The van der Waals surface area contributed by atoms with Crippen molar-refractivity contribution in [3.8, 4) is 0 Å². The fourth-order valence-corrected chi connectivity index (χ4v) is 0.838. The Balaban J connectivity index is 3.83. The van der Waals surface area contributed by atoms with E-state index in [9.17, 15) is 18.0 Å². The van der Waals surface area contributed by atoms with Gasteiger partial charge in [0.2, 0.25) is 5.78 Å². The SMILES string of the molecule is CC(N)CCN(C)CC(=O)C(F)(F)F. The Hall–Kier alpha value is -0.620. The van der Waals surface area contributed by atoms with Crippen molar-refractivity contribution < 1.29 is 18.0 Å². The fraction of sp³-hybridized carbons (Fsp3) is 0.875. The van der Waals surface area contributed by atoms with Crippen molar-refractivity contribution in [1.82, 2.24) is 4.90 Å². The van der Waals surface area contributed by atoms with Crippen LogP contribution in [0.4, 0.5) is 13.2 Å². The highest BCUT2D eigenvalue weighted by atomic mass is 19.4. The molecule has 0 aromatic carbocycles. The molecule has 1 unspecified atom stereocenters. The van der Waals surface area contributed by atoms with Crippen LogP contribution in [0.5, 0.6) is 0 Å². The lowest BCUT2D eigenvalue weighted by atomic mass is 10.2. The number of halogens is 3. The van der Waals surface area contributed by atoms with Crippen molar-refractivity contribution in [2.75, 3.05) is 20.1 Å². The number of nitrogens with two attached hydrogens (primary N) is 1. The lowest BCUT2D eigenvalue weighted by Gasteiger charge is -2.17. The summed E-state index contributed by atoms with van der Waals surface area (Å²) in [6.07, 6.45) is -4.16. The monoisotopic (exact) mass is 212 g/mol. The maximum absolute atomic E-state index is 11.8. The third-order valence-electron chi connectivity index (χ3n) is 1.70. The Bertz CT molecular complexity index is 192. The number of carbonyl (C=O) groups excluding carboxylic acids is 1. The molecule has 0 rings (SSSR count). The Morgan fingerprint density at radius 2 is 2.00 bits per heavy atom. The molecular weight excluding hydrogens is 197 g/mol. The van der Waals surface area contributed by atoms with Crippen LogP contribution < -0.4 is 5.73 Å². The molecule has 0 aromatic heterocycles. The van der Waals surface area contributed by atoms with E-state index in [2.05, 4.69) is 0 Å². The molecule has 1 atom stereocenters. The molecule has 0 saturated heterocycles. The predicted molar refractivity (Wildman–Crippen MR) is 46.8 cm³/mol. The van der Waals surface area contributed by atoms with Crippen LogP contribution in [0.15, 0.2) is 0 Å². The first kappa shape index (κ1) is 13.4. The molecule has 84 valence electrons. The molecular formula is C8H15F3N2O. The van der Waals surface area contributed by atoms with Crippen LogP contribution >= 0.6 is 0 Å². The number of alkyl halides is 3. The van der Waals surface area contributed by atoms with Gasteiger partial charge in [0.05, 0.1) is 6.54 Å². The first-order valence-electron chi connectivity index (χ1n) is 4.27. The van der Waals surface area contributed by atoms with Gasteiger partial charge in [0.1, 0.15) is 0 Å². The molecule has 0 aliphatic heterocycles. The minimum absolute atomic E-state index is 0.0709. The summed E-state index contributed by atoms with van der Waals surface area (Å²) in [5.74, 6) is -1.72. The minimum atomic E-state index is -4.73. The van der Waals surface area contributed by atoms with Gasteiger partial charge in [-0.25, -0.2) is 0 Å². The minimum Gasteiger partial charge on any atom is -0.328 e. The van der Waals surface area contributed by atoms with E-state index in [1.54, 1.807) is 6.92 Å². The molecule has 0 amide bonds. The standard InChI is InChI=1S/C8H15F3N2O/c1-6(12)3-4-13(2)5-7(14)8(9,10)11/h6H,3-5,12H2,1-2H3. The summed E-state index contributed by atoms with van der Waals surface area (Å²) in [6.45, 7) is 1.55. The third kappa shape index (κ3) is 5.93. The van der Waals surface area contributed by atoms with Crippen LogP contribution in [-0.2, 0) is 4.79 Å². The molecule has 2 N–H and O–H groups in total. The molecule has 6 heteroatoms. The maximum Gasteiger partial charge on any atom is 0.451 e. The molecule has 0 saturated carbocycles. The van der Waals surface area contributed by atoms with Crippen LogP contribution in [0.1, 0.15) is 13.3 Å². The van der Waals surface area contributed by atoms with E-state index in [-0.39, 0.29) is 6.04 Å². The molecule has 14 heavy (non-hydrogen) atoms. The summed E-state index contributed by atoms with van der Waals surface area (Å²) < 4.78 is 35.4. The van der Waals surface area contributed by atoms with Crippen molar-refractivity contribution in [2.24, 2.45) is 5.73 Å². The molecule has 0 spiro atoms. The first-order valence-corrected chi connectivity index (χ1v) is 4.27. The van der Waals surface area contributed by atoms with Crippen LogP contribution in [-0.4, -0.2) is 43.0 Å². The second kappa shape index (κ2) is 5.31. The number of hydrogen-bond acceptors (Lipinski definition) is 3. The predicted octanol–water partition coefficient (Wildman–Crippen LogP) is 0.787. The fourth-order valence-electron chi connectivity index (χ4n) is 0.838. The van der Waals surface area contributed by atoms with Crippen molar-refractivity contribution in [3.05, 3.63) is 0 Å². The van der Waals surface area contributed by atoms with Gasteiger partial charge in [0.15, 0.2) is 0 Å². The average molecular weight is 212 g/mol. The van der Waals surface area contributed by atoms with Crippen molar-refractivity contribution in [1.29, 1.82) is 0 Å². The molecule has 0 heterocycles. The second-order valence-electron chi connectivity index (χ2n) is 3.42. The zero-order valence-corrected chi connectivity index (χ0v) is 8.27. The highest BCUT2D eigenvalue weighted by molar-refractivity contribution is 5.85. The van der Waals surface area contributed by atoms with Gasteiger partial charge in [0.25, 0.3) is 0 Å². The number of hydrogen-bond donors (Lipinski definition) is 1. The number of carbonyl (C=O) groups is 1. The van der Waals surface area contributed by atoms with Crippen LogP contribution in [0.3, 0.4) is 0 Å². The average Bonchev–Trinajstić information content (AvgIpc) is 1.99. The number of Topliss-reactive ketones (excluding diaryl/α,β-unsaturated/α-hetero) is 1. The Morgan fingerprint density at radius 3 is 2.36 bits per heavy atom. The number of likely N-dealkylation sites (N-methyl/N-ethyl adjacent to an activating group) is 1. The number of nitrogens with zero attached hydrogens (tertiary/aromatic N) is 1. The lowest BCUT2D eigenvalue weighted by molar-refractivity contribution is -0.171. The van der Waals surface area contributed by atoms with Gasteiger partial charge in [-0.2, -0.15) is 13.2 Å². The largest absolute Gasteiger partial charge is 0.451 e. The molecule has 0 radical (unpaired) electrons. The van der Waals surface area contributed by atoms with Crippen molar-refractivity contribution in [3.63, 3.8) is 0 Å². The van der Waals surface area contributed by atoms with E-state index >= 15 is 0 Å². The van der Waals surface area contributed by atoms with Crippen LogP contribution in [0.25, 0.3) is 0 Å². The summed E-state index contributed by atoms with van der Waals surface area (Å²) in [5.41, 5.74) is 5.42. The van der Waals surface area contributed by atoms with E-state index < -0.39 is 18.5 Å². The van der Waals surface area contributed by atoms with Gasteiger partial charge in [-0.05, 0) is 26.9 Å². The topological polar surface area (TPSA) is 46.3 Å². The molecule has 0 bridgehead atoms. The van der Waals surface area contributed by atoms with E-state index in [1.807, 2.05) is 0 Å². The summed E-state index contributed by atoms with van der Waals surface area (Å²) >= 11 is 0. The zero-order chi connectivity index (χ0) is 11.4. The normalized spacial score (nSPS) is 14.5. The second-order valence-corrected chi connectivity index (χ2v) is 3.42. The van der Waals surface area contributed by atoms with Gasteiger partial charge in [-0.3, -0.25) is 9.69 Å². The smallest absolute Gasteiger partial charge is 0.328 e. The highest BCUT2D eigenvalue weighted by Gasteiger charge is 2.38. The quantitative estimate of drug-likeness (QED) is 0.732. The Labute approximate surface area is 81.1 Å². The lowest BCUT2D eigenvalue weighted by Crippen LogP contribution is -2.36. The van der Waals surface area contributed by atoms with Gasteiger partial charge in [-0.15, -0.1) is 0 Å². The summed E-state index contributed by atoms with van der Waals surface area (Å²) in [4.78, 5) is 11.8. The molecule has 0 aliphatic carbocycles. The van der Waals surface area contributed by atoms with Gasteiger partial charge < -0.3 is 5.73 Å². The van der Waals surface area contributed by atoms with Crippen molar-refractivity contribution in [2.45, 2.75) is 25.6 Å². The van der Waals surface area contributed by atoms with Crippen LogP contribution in [0, 0.1) is 0 Å². The number of rotatable bonds is 5. The zero-order valence-electron chi connectivity index (χ0n) is 8.27. The summed E-state index contributed by atoms with van der Waals surface area (Å²) in [5, 5.41) is 0. The van der Waals surface area contributed by atoms with E-state index in [0.717, 1.165) is 0 Å². The summed E-state index contributed by atoms with van der Waals surface area (Å²) in [6, 6.07) is -0.0709. The van der Waals surface area contributed by atoms with E-state index in [1.165, 1.54) is 11.9 Å². The molecule has 0 fully saturated rings. The van der Waals surface area contributed by atoms with E-state index in [0.29, 0.717) is 13.0 Å². The van der Waals surface area contributed by atoms with E-state index in [4.69, 9.17) is 5.73 Å². The Kier molecular flexibility index (Phi) is 5.07.